The minimum Gasteiger partial charge on any atom is -0.290 e. The van der Waals surface area contributed by atoms with Crippen LogP contribution in [0.15, 0.2) is 60.7 Å². The molecule has 2 nitrogen and oxygen atoms in total. The van der Waals surface area contributed by atoms with Crippen LogP contribution in [-0.2, 0) is 13.1 Å². The second kappa shape index (κ2) is 8.11. The van der Waals surface area contributed by atoms with Crippen molar-refractivity contribution >= 4 is 0 Å². The number of benzene rings is 2. The van der Waals surface area contributed by atoms with Crippen molar-refractivity contribution in [3.05, 3.63) is 71.8 Å². The van der Waals surface area contributed by atoms with Gasteiger partial charge < -0.3 is 0 Å². The molecule has 2 aromatic rings. The van der Waals surface area contributed by atoms with E-state index in [2.05, 4.69) is 70.5 Å². The Balaban J connectivity index is 1.66. The van der Waals surface area contributed by atoms with Gasteiger partial charge in [-0.25, -0.2) is 0 Å². The summed E-state index contributed by atoms with van der Waals surface area (Å²) in [5, 5.41) is 0. The smallest absolute Gasteiger partial charge is 0.0512 e. The first kappa shape index (κ1) is 15.3. The predicted octanol–water partition coefficient (Wildman–Crippen LogP) is 4.13. The van der Waals surface area contributed by atoms with Crippen LogP contribution in [0.3, 0.4) is 0 Å². The van der Waals surface area contributed by atoms with Crippen molar-refractivity contribution in [3.63, 3.8) is 0 Å². The van der Waals surface area contributed by atoms with Gasteiger partial charge in [0.2, 0.25) is 0 Å². The lowest BCUT2D eigenvalue weighted by atomic mass is 10.1. The van der Waals surface area contributed by atoms with E-state index < -0.39 is 0 Å². The minimum absolute atomic E-state index is 1.02. The van der Waals surface area contributed by atoms with Gasteiger partial charge in [0.25, 0.3) is 0 Å². The van der Waals surface area contributed by atoms with Crippen molar-refractivity contribution in [2.24, 2.45) is 0 Å². The maximum Gasteiger partial charge on any atom is 0.0512 e. The van der Waals surface area contributed by atoms with Crippen LogP contribution >= 0.6 is 0 Å². The summed E-state index contributed by atoms with van der Waals surface area (Å²) >= 11 is 0. The normalized spacial score (nSPS) is 16.0. The second-order valence-electron chi connectivity index (χ2n) is 6.28. The van der Waals surface area contributed by atoms with Crippen LogP contribution in [0, 0.1) is 0 Å². The van der Waals surface area contributed by atoms with E-state index in [1.165, 1.54) is 43.5 Å². The van der Waals surface area contributed by atoms with Gasteiger partial charge >= 0.3 is 0 Å². The zero-order valence-electron chi connectivity index (χ0n) is 13.3. The molecule has 1 fully saturated rings. The SMILES string of the molecule is c1ccc(CN(Cc2ccccc2)CN2CCCCC2)cc1. The molecular formula is C20H26N2. The van der Waals surface area contributed by atoms with Crippen LogP contribution in [-0.4, -0.2) is 29.6 Å². The molecule has 0 radical (unpaired) electrons. The highest BCUT2D eigenvalue weighted by molar-refractivity contribution is 5.17. The fourth-order valence-corrected chi connectivity index (χ4v) is 3.22. The summed E-state index contributed by atoms with van der Waals surface area (Å²) in [5.41, 5.74) is 2.80. The minimum atomic E-state index is 1.02. The molecule has 0 aliphatic carbocycles. The average molecular weight is 294 g/mol. The van der Waals surface area contributed by atoms with E-state index in [4.69, 9.17) is 0 Å². The lowest BCUT2D eigenvalue weighted by Crippen LogP contribution is -2.40. The molecule has 0 unspecified atom stereocenters. The summed E-state index contributed by atoms with van der Waals surface area (Å²) < 4.78 is 0. The first-order chi connectivity index (χ1) is 10.9. The fraction of sp³-hybridized carbons (Fsp3) is 0.400. The fourth-order valence-electron chi connectivity index (χ4n) is 3.22. The number of piperidine rings is 1. The number of hydrogen-bond donors (Lipinski definition) is 0. The molecule has 0 N–H and O–H groups in total. The maximum absolute atomic E-state index is 2.61. The van der Waals surface area contributed by atoms with E-state index >= 15 is 0 Å². The van der Waals surface area contributed by atoms with Gasteiger partial charge in [-0.05, 0) is 37.1 Å². The van der Waals surface area contributed by atoms with Crippen molar-refractivity contribution in [2.75, 3.05) is 19.8 Å². The molecule has 116 valence electrons. The van der Waals surface area contributed by atoms with Crippen molar-refractivity contribution in [3.8, 4) is 0 Å². The van der Waals surface area contributed by atoms with E-state index in [-0.39, 0.29) is 0 Å². The van der Waals surface area contributed by atoms with Crippen LogP contribution in [0.5, 0.6) is 0 Å². The molecule has 0 saturated carbocycles. The van der Waals surface area contributed by atoms with Crippen molar-refractivity contribution in [1.82, 2.24) is 9.80 Å². The first-order valence-corrected chi connectivity index (χ1v) is 8.43. The first-order valence-electron chi connectivity index (χ1n) is 8.43. The molecule has 1 heterocycles. The number of likely N-dealkylation sites (tertiary alicyclic amines) is 1. The third kappa shape index (κ3) is 4.69. The van der Waals surface area contributed by atoms with Gasteiger partial charge in [0, 0.05) is 13.1 Å². The Morgan fingerprint density at radius 1 is 0.682 bits per heavy atom. The van der Waals surface area contributed by atoms with E-state index in [1.807, 2.05) is 0 Å². The quantitative estimate of drug-likeness (QED) is 0.790. The predicted molar refractivity (Wildman–Crippen MR) is 92.4 cm³/mol. The number of hydrogen-bond acceptors (Lipinski definition) is 2. The second-order valence-corrected chi connectivity index (χ2v) is 6.28. The molecule has 2 aromatic carbocycles. The standard InChI is InChI=1S/C20H26N2/c1-4-10-19(11-5-1)16-22(17-20-12-6-2-7-13-20)18-21-14-8-3-9-15-21/h1-2,4-7,10-13H,3,8-9,14-18H2. The Morgan fingerprint density at radius 3 is 1.68 bits per heavy atom. The Bertz CT molecular complexity index is 491. The van der Waals surface area contributed by atoms with Gasteiger partial charge in [0.05, 0.1) is 6.67 Å². The third-order valence-electron chi connectivity index (χ3n) is 4.35. The largest absolute Gasteiger partial charge is 0.290 e. The van der Waals surface area contributed by atoms with Crippen molar-refractivity contribution in [1.29, 1.82) is 0 Å². The Morgan fingerprint density at radius 2 is 1.18 bits per heavy atom. The summed E-state index contributed by atoms with van der Waals surface area (Å²) in [7, 11) is 0. The number of rotatable bonds is 6. The molecule has 1 aliphatic rings. The average Bonchev–Trinajstić information content (AvgIpc) is 2.57. The van der Waals surface area contributed by atoms with Gasteiger partial charge in [-0.15, -0.1) is 0 Å². The molecule has 0 bridgehead atoms. The van der Waals surface area contributed by atoms with Crippen LogP contribution in [0.2, 0.25) is 0 Å². The summed E-state index contributed by atoms with van der Waals surface area (Å²) in [6, 6.07) is 21.7. The van der Waals surface area contributed by atoms with Gasteiger partial charge in [0.1, 0.15) is 0 Å². The molecule has 3 rings (SSSR count). The molecule has 0 spiro atoms. The topological polar surface area (TPSA) is 6.48 Å². The number of nitrogens with zero attached hydrogens (tertiary/aromatic N) is 2. The lowest BCUT2D eigenvalue weighted by Gasteiger charge is -2.33. The molecule has 2 heteroatoms. The molecular weight excluding hydrogens is 268 g/mol. The van der Waals surface area contributed by atoms with Crippen LogP contribution in [0.25, 0.3) is 0 Å². The van der Waals surface area contributed by atoms with E-state index in [9.17, 15) is 0 Å². The van der Waals surface area contributed by atoms with Gasteiger partial charge in [-0.1, -0.05) is 67.1 Å². The highest BCUT2D eigenvalue weighted by atomic mass is 15.3. The Labute approximate surface area is 134 Å². The molecule has 22 heavy (non-hydrogen) atoms. The Kier molecular flexibility index (Phi) is 5.63. The van der Waals surface area contributed by atoms with Gasteiger partial charge in [0.15, 0.2) is 0 Å². The third-order valence-corrected chi connectivity index (χ3v) is 4.35. The summed E-state index contributed by atoms with van der Waals surface area (Å²) in [5.74, 6) is 0. The zero-order valence-corrected chi connectivity index (χ0v) is 13.3. The molecule has 0 amide bonds. The summed E-state index contributed by atoms with van der Waals surface area (Å²) in [6.07, 6.45) is 4.10. The summed E-state index contributed by atoms with van der Waals surface area (Å²) in [4.78, 5) is 5.17. The summed E-state index contributed by atoms with van der Waals surface area (Å²) in [6.45, 7) is 5.61. The monoisotopic (exact) mass is 294 g/mol. The zero-order chi connectivity index (χ0) is 15.0. The Hall–Kier alpha value is -1.64. The van der Waals surface area contributed by atoms with Crippen molar-refractivity contribution < 1.29 is 0 Å². The van der Waals surface area contributed by atoms with Gasteiger partial charge in [-0.3, -0.25) is 9.80 Å². The van der Waals surface area contributed by atoms with E-state index in [0.29, 0.717) is 0 Å². The van der Waals surface area contributed by atoms with Crippen LogP contribution in [0.4, 0.5) is 0 Å². The van der Waals surface area contributed by atoms with Crippen LogP contribution in [0.1, 0.15) is 30.4 Å². The van der Waals surface area contributed by atoms with E-state index in [0.717, 1.165) is 19.8 Å². The lowest BCUT2D eigenvalue weighted by molar-refractivity contribution is 0.102. The highest BCUT2D eigenvalue weighted by Crippen LogP contribution is 2.14. The highest BCUT2D eigenvalue weighted by Gasteiger charge is 2.15. The van der Waals surface area contributed by atoms with Crippen molar-refractivity contribution in [2.45, 2.75) is 32.4 Å². The van der Waals surface area contributed by atoms with Crippen LogP contribution < -0.4 is 0 Å². The molecule has 0 atom stereocenters. The molecule has 0 aromatic heterocycles. The van der Waals surface area contributed by atoms with Gasteiger partial charge in [-0.2, -0.15) is 0 Å². The molecule has 1 aliphatic heterocycles. The molecule has 1 saturated heterocycles. The van der Waals surface area contributed by atoms with E-state index in [1.54, 1.807) is 0 Å². The maximum atomic E-state index is 2.61.